The van der Waals surface area contributed by atoms with Crippen LogP contribution in [0.3, 0.4) is 0 Å². The van der Waals surface area contributed by atoms with Crippen molar-refractivity contribution in [2.75, 3.05) is 0 Å². The Hall–Kier alpha value is -1.17. The highest BCUT2D eigenvalue weighted by molar-refractivity contribution is 6.52. The quantitative estimate of drug-likeness (QED) is 0.868. The highest BCUT2D eigenvalue weighted by atomic mass is 16.7. The van der Waals surface area contributed by atoms with Crippen molar-refractivity contribution in [3.8, 4) is 0 Å². The van der Waals surface area contributed by atoms with Crippen molar-refractivity contribution >= 4 is 13.2 Å². The second-order valence-electron chi connectivity index (χ2n) is 6.68. The molecular weight excluding hydrogens is 263 g/mol. The van der Waals surface area contributed by atoms with Crippen molar-refractivity contribution in [1.29, 1.82) is 0 Å². The van der Waals surface area contributed by atoms with Gasteiger partial charge in [0.25, 0.3) is 0 Å². The fourth-order valence-electron chi connectivity index (χ4n) is 2.17. The van der Waals surface area contributed by atoms with Gasteiger partial charge in [-0.15, -0.1) is 0 Å². The van der Waals surface area contributed by atoms with Crippen LogP contribution in [-0.4, -0.2) is 23.3 Å². The summed E-state index contributed by atoms with van der Waals surface area (Å²) in [5.41, 5.74) is 8.13. The van der Waals surface area contributed by atoms with Gasteiger partial charge < -0.3 is 15.0 Å². The second kappa shape index (κ2) is 5.56. The third-order valence-corrected chi connectivity index (χ3v) is 4.32. The lowest BCUT2D eigenvalue weighted by molar-refractivity contribution is 0.00578. The predicted molar refractivity (Wildman–Crippen MR) is 86.7 cm³/mol. The zero-order valence-corrected chi connectivity index (χ0v) is 13.8. The van der Waals surface area contributed by atoms with E-state index in [-0.39, 0.29) is 24.4 Å². The van der Waals surface area contributed by atoms with E-state index < -0.39 is 0 Å². The van der Waals surface area contributed by atoms with E-state index in [0.717, 1.165) is 17.0 Å². The minimum absolute atomic E-state index is 0.0511. The Kier molecular flexibility index (Phi) is 4.29. The number of pyridine rings is 1. The number of hydrogen-bond acceptors (Lipinski definition) is 4. The van der Waals surface area contributed by atoms with E-state index in [0.29, 0.717) is 0 Å². The number of aryl methyl sites for hydroxylation is 1. The zero-order chi connectivity index (χ0) is 15.8. The first-order chi connectivity index (χ1) is 9.62. The maximum absolute atomic E-state index is 5.94. The summed E-state index contributed by atoms with van der Waals surface area (Å²) >= 11 is 0. The Labute approximate surface area is 127 Å². The Morgan fingerprint density at radius 2 is 1.76 bits per heavy atom. The van der Waals surface area contributed by atoms with E-state index in [2.05, 4.69) is 4.98 Å². The summed E-state index contributed by atoms with van der Waals surface area (Å²) in [5.74, 6) is 1.94. The van der Waals surface area contributed by atoms with Gasteiger partial charge in [0.2, 0.25) is 0 Å². The van der Waals surface area contributed by atoms with Gasteiger partial charge >= 0.3 is 7.12 Å². The van der Waals surface area contributed by atoms with Gasteiger partial charge in [-0.05, 0) is 53.2 Å². The summed E-state index contributed by atoms with van der Waals surface area (Å²) in [5, 5.41) is 0. The fourth-order valence-corrected chi connectivity index (χ4v) is 2.17. The molecule has 0 radical (unpaired) electrons. The third-order valence-electron chi connectivity index (χ3n) is 4.32. The molecule has 2 rings (SSSR count). The molecule has 0 bridgehead atoms. The molecule has 1 aromatic rings. The molecule has 21 heavy (non-hydrogen) atoms. The minimum atomic E-state index is -0.331. The maximum Gasteiger partial charge on any atom is 0.487 e. The lowest BCUT2D eigenvalue weighted by Gasteiger charge is -2.32. The molecule has 1 aromatic heterocycles. The highest BCUT2D eigenvalue weighted by Crippen LogP contribution is 2.37. The van der Waals surface area contributed by atoms with Gasteiger partial charge in [-0.3, -0.25) is 4.98 Å². The van der Waals surface area contributed by atoms with Crippen LogP contribution in [0.1, 0.15) is 57.6 Å². The molecule has 2 N–H and O–H groups in total. The number of nitrogens with two attached hydrogens (primary N) is 1. The van der Waals surface area contributed by atoms with Crippen molar-refractivity contribution in [2.45, 2.75) is 58.8 Å². The Morgan fingerprint density at radius 1 is 1.19 bits per heavy atom. The van der Waals surface area contributed by atoms with Gasteiger partial charge in [0.15, 0.2) is 0 Å². The molecule has 1 aliphatic heterocycles. The number of rotatable bonds is 3. The summed E-state index contributed by atoms with van der Waals surface area (Å²) in [7, 11) is -0.331. The van der Waals surface area contributed by atoms with Gasteiger partial charge in [-0.1, -0.05) is 18.1 Å². The first kappa shape index (κ1) is 16.2. The predicted octanol–water partition coefficient (Wildman–Crippen LogP) is 3.05. The van der Waals surface area contributed by atoms with Crippen molar-refractivity contribution in [1.82, 2.24) is 4.98 Å². The van der Waals surface area contributed by atoms with Crippen LogP contribution in [0.2, 0.25) is 0 Å². The van der Waals surface area contributed by atoms with Gasteiger partial charge in [0.1, 0.15) is 0 Å². The lowest BCUT2D eigenvalue weighted by atomic mass is 9.89. The first-order valence-corrected chi connectivity index (χ1v) is 7.39. The van der Waals surface area contributed by atoms with Gasteiger partial charge in [0.05, 0.1) is 16.9 Å². The molecule has 1 aliphatic rings. The molecule has 0 spiro atoms. The molecule has 2 heterocycles. The van der Waals surface area contributed by atoms with Crippen molar-refractivity contribution < 1.29 is 9.31 Å². The van der Waals surface area contributed by atoms with Gasteiger partial charge in [0, 0.05) is 11.7 Å². The third kappa shape index (κ3) is 3.36. The molecule has 1 atom stereocenters. The van der Waals surface area contributed by atoms with Crippen LogP contribution in [0.25, 0.3) is 6.08 Å². The van der Waals surface area contributed by atoms with Crippen LogP contribution in [0.4, 0.5) is 0 Å². The average Bonchev–Trinajstić information content (AvgIpc) is 2.56. The smallest absolute Gasteiger partial charge is 0.400 e. The topological polar surface area (TPSA) is 57.4 Å². The van der Waals surface area contributed by atoms with Crippen LogP contribution in [0.15, 0.2) is 18.1 Å². The Bertz CT molecular complexity index is 537. The largest absolute Gasteiger partial charge is 0.487 e. The van der Waals surface area contributed by atoms with Crippen LogP contribution in [-0.2, 0) is 9.31 Å². The molecule has 5 heteroatoms. The minimum Gasteiger partial charge on any atom is -0.400 e. The summed E-state index contributed by atoms with van der Waals surface area (Å²) in [6.07, 6.45) is 2.00. The van der Waals surface area contributed by atoms with E-state index in [1.807, 2.05) is 65.7 Å². The highest BCUT2D eigenvalue weighted by Gasteiger charge is 2.49. The van der Waals surface area contributed by atoms with Crippen LogP contribution >= 0.6 is 0 Å². The van der Waals surface area contributed by atoms with Crippen molar-refractivity contribution in [2.24, 2.45) is 5.73 Å². The molecule has 0 aliphatic carbocycles. The lowest BCUT2D eigenvalue weighted by Crippen LogP contribution is -2.41. The van der Waals surface area contributed by atoms with Crippen LogP contribution in [0.5, 0.6) is 0 Å². The molecule has 1 saturated heterocycles. The summed E-state index contributed by atoms with van der Waals surface area (Å²) in [4.78, 5) is 4.52. The molecule has 4 nitrogen and oxygen atoms in total. The summed E-state index contributed by atoms with van der Waals surface area (Å²) in [6.45, 7) is 12.1. The van der Waals surface area contributed by atoms with Crippen LogP contribution in [0, 0.1) is 6.92 Å². The maximum atomic E-state index is 5.94. The molecule has 1 fully saturated rings. The molecule has 114 valence electrons. The molecule has 1 unspecified atom stereocenters. The molecule has 0 saturated carbocycles. The molecule has 0 amide bonds. The average molecular weight is 288 g/mol. The standard InChI is InChI=1S/C16H25BN2O2/c1-11(18)14-8-7-13(12(2)19-14)9-10-17-20-15(3,4)16(5,6)21-17/h7-11H,18H2,1-6H3/b10-9+. The first-order valence-electron chi connectivity index (χ1n) is 7.39. The normalized spacial score (nSPS) is 22.0. The van der Waals surface area contributed by atoms with E-state index in [1.165, 1.54) is 0 Å². The van der Waals surface area contributed by atoms with E-state index in [4.69, 9.17) is 15.0 Å². The number of hydrogen-bond donors (Lipinski definition) is 1. The summed E-state index contributed by atoms with van der Waals surface area (Å²) < 4.78 is 11.9. The fraction of sp³-hybridized carbons (Fsp3) is 0.562. The van der Waals surface area contributed by atoms with E-state index >= 15 is 0 Å². The monoisotopic (exact) mass is 288 g/mol. The number of nitrogens with zero attached hydrogens (tertiary/aromatic N) is 1. The Morgan fingerprint density at radius 3 is 2.24 bits per heavy atom. The van der Waals surface area contributed by atoms with Crippen molar-refractivity contribution in [3.05, 3.63) is 35.1 Å². The SMILES string of the molecule is Cc1nc(C(C)N)ccc1/C=C/B1OC(C)(C)C(C)(C)O1. The number of aromatic nitrogens is 1. The second-order valence-corrected chi connectivity index (χ2v) is 6.68. The van der Waals surface area contributed by atoms with E-state index in [1.54, 1.807) is 0 Å². The van der Waals surface area contributed by atoms with Gasteiger partial charge in [-0.2, -0.15) is 0 Å². The zero-order valence-electron chi connectivity index (χ0n) is 13.8. The Balaban J connectivity index is 2.13. The summed E-state index contributed by atoms with van der Waals surface area (Å²) in [6, 6.07) is 3.94. The molecule has 0 aromatic carbocycles. The van der Waals surface area contributed by atoms with Crippen LogP contribution < -0.4 is 5.73 Å². The molecular formula is C16H25BN2O2. The van der Waals surface area contributed by atoms with E-state index in [9.17, 15) is 0 Å². The van der Waals surface area contributed by atoms with Gasteiger partial charge in [-0.25, -0.2) is 0 Å². The van der Waals surface area contributed by atoms with Crippen molar-refractivity contribution in [3.63, 3.8) is 0 Å².